The molecule has 0 amide bonds. The summed E-state index contributed by atoms with van der Waals surface area (Å²) < 4.78 is 36.4. The summed E-state index contributed by atoms with van der Waals surface area (Å²) in [6, 6.07) is 0. The molecule has 0 aliphatic carbocycles. The van der Waals surface area contributed by atoms with E-state index in [2.05, 4.69) is 10.3 Å². The van der Waals surface area contributed by atoms with Crippen molar-refractivity contribution in [2.24, 2.45) is 10.9 Å². The maximum Gasteiger partial charge on any atom is 0.310 e. The van der Waals surface area contributed by atoms with E-state index in [9.17, 15) is 13.2 Å². The highest BCUT2D eigenvalue weighted by atomic mass is 32.2. The molecule has 1 unspecified atom stereocenters. The van der Waals surface area contributed by atoms with Crippen LogP contribution in [0.3, 0.4) is 0 Å². The van der Waals surface area contributed by atoms with Crippen LogP contribution in [0.15, 0.2) is 4.99 Å². The number of piperazine rings is 1. The summed E-state index contributed by atoms with van der Waals surface area (Å²) in [5.41, 5.74) is 0. The zero-order chi connectivity index (χ0) is 20.4. The Morgan fingerprint density at radius 3 is 2.33 bits per heavy atom. The number of nitrogens with zero attached hydrogens (tertiary/aromatic N) is 3. The zero-order valence-electron chi connectivity index (χ0n) is 17.1. The summed E-state index contributed by atoms with van der Waals surface area (Å²) >= 11 is 0. The van der Waals surface area contributed by atoms with Crippen molar-refractivity contribution in [2.45, 2.75) is 33.8 Å². The van der Waals surface area contributed by atoms with Gasteiger partial charge in [0.1, 0.15) is 0 Å². The van der Waals surface area contributed by atoms with Gasteiger partial charge < -0.3 is 19.7 Å². The first kappa shape index (κ1) is 23.6. The van der Waals surface area contributed by atoms with Crippen LogP contribution in [0.25, 0.3) is 0 Å². The summed E-state index contributed by atoms with van der Waals surface area (Å²) in [5, 5.41) is 3.20. The van der Waals surface area contributed by atoms with Crippen LogP contribution in [0, 0.1) is 5.92 Å². The number of sulfonamides is 1. The van der Waals surface area contributed by atoms with Gasteiger partial charge in [-0.2, -0.15) is 4.31 Å². The molecule has 0 saturated carbocycles. The van der Waals surface area contributed by atoms with Crippen LogP contribution in [0.5, 0.6) is 0 Å². The Balaban J connectivity index is 2.62. The Bertz CT molecular complexity index is 586. The maximum atomic E-state index is 12.4. The van der Waals surface area contributed by atoms with Gasteiger partial charge in [-0.15, -0.1) is 0 Å². The van der Waals surface area contributed by atoms with Gasteiger partial charge in [-0.3, -0.25) is 9.79 Å². The number of hydrogen-bond acceptors (Lipinski definition) is 6. The molecule has 1 saturated heterocycles. The molecule has 1 atom stereocenters. The fourth-order valence-electron chi connectivity index (χ4n) is 2.62. The van der Waals surface area contributed by atoms with Gasteiger partial charge in [0.25, 0.3) is 0 Å². The molecule has 1 heterocycles. The molecule has 1 aliphatic heterocycles. The zero-order valence-corrected chi connectivity index (χ0v) is 17.9. The predicted molar refractivity (Wildman–Crippen MR) is 105 cm³/mol. The SMILES string of the molecule is CCNC(=NCC(C)C(=O)OC)N1CCN(S(=O)(=O)CCOC(C)C)CC1. The third kappa shape index (κ3) is 8.02. The number of esters is 1. The standard InChI is InChI=1S/C17H34N4O5S/c1-6-18-17(19-13-15(4)16(22)25-5)20-7-9-21(10-8-20)27(23,24)12-11-26-14(2)3/h14-15H,6-13H2,1-5H3,(H,18,19). The van der Waals surface area contributed by atoms with Gasteiger partial charge in [-0.1, -0.05) is 6.92 Å². The van der Waals surface area contributed by atoms with Crippen LogP contribution >= 0.6 is 0 Å². The highest BCUT2D eigenvalue weighted by Gasteiger charge is 2.28. The number of aliphatic imine (C=N–C) groups is 1. The first-order valence-corrected chi connectivity index (χ1v) is 11.0. The van der Waals surface area contributed by atoms with Gasteiger partial charge in [0.15, 0.2) is 5.96 Å². The average molecular weight is 407 g/mol. The van der Waals surface area contributed by atoms with Crippen LogP contribution < -0.4 is 5.32 Å². The minimum Gasteiger partial charge on any atom is -0.469 e. The van der Waals surface area contributed by atoms with Crippen LogP contribution in [-0.4, -0.2) is 94.4 Å². The molecule has 0 aromatic heterocycles. The summed E-state index contributed by atoms with van der Waals surface area (Å²) in [4.78, 5) is 18.1. The number of carbonyl (C=O) groups is 1. The highest BCUT2D eigenvalue weighted by molar-refractivity contribution is 7.89. The number of hydrogen-bond donors (Lipinski definition) is 1. The third-order valence-corrected chi connectivity index (χ3v) is 6.01. The van der Waals surface area contributed by atoms with Crippen molar-refractivity contribution < 1.29 is 22.7 Å². The summed E-state index contributed by atoms with van der Waals surface area (Å²) in [6.07, 6.45) is 0.0170. The van der Waals surface area contributed by atoms with Crippen molar-refractivity contribution in [1.82, 2.24) is 14.5 Å². The van der Waals surface area contributed by atoms with E-state index in [0.717, 1.165) is 0 Å². The van der Waals surface area contributed by atoms with Gasteiger partial charge in [-0.25, -0.2) is 8.42 Å². The van der Waals surface area contributed by atoms with Crippen LogP contribution in [-0.2, 0) is 24.3 Å². The van der Waals surface area contributed by atoms with Crippen LogP contribution in [0.4, 0.5) is 0 Å². The second kappa shape index (κ2) is 11.5. The summed E-state index contributed by atoms with van der Waals surface area (Å²) in [7, 11) is -1.96. The van der Waals surface area contributed by atoms with E-state index in [1.54, 1.807) is 6.92 Å². The lowest BCUT2D eigenvalue weighted by Gasteiger charge is -2.36. The molecule has 10 heteroatoms. The van der Waals surface area contributed by atoms with Crippen molar-refractivity contribution >= 4 is 22.0 Å². The normalized spacial score (nSPS) is 17.9. The van der Waals surface area contributed by atoms with Crippen molar-refractivity contribution in [3.05, 3.63) is 0 Å². The Kier molecular flexibility index (Phi) is 10.0. The van der Waals surface area contributed by atoms with Crippen molar-refractivity contribution in [3.63, 3.8) is 0 Å². The Morgan fingerprint density at radius 1 is 1.19 bits per heavy atom. The number of nitrogens with one attached hydrogen (secondary N) is 1. The molecule has 1 fully saturated rings. The highest BCUT2D eigenvalue weighted by Crippen LogP contribution is 2.09. The minimum absolute atomic E-state index is 0.00399. The number of carbonyl (C=O) groups excluding carboxylic acids is 1. The molecule has 0 spiro atoms. The molecule has 0 radical (unpaired) electrons. The van der Waals surface area contributed by atoms with Crippen LogP contribution in [0.2, 0.25) is 0 Å². The fraction of sp³-hybridized carbons (Fsp3) is 0.882. The van der Waals surface area contributed by atoms with Crippen molar-refractivity contribution in [1.29, 1.82) is 0 Å². The van der Waals surface area contributed by atoms with E-state index in [1.165, 1.54) is 11.4 Å². The largest absolute Gasteiger partial charge is 0.469 e. The molecule has 27 heavy (non-hydrogen) atoms. The molecule has 158 valence electrons. The Morgan fingerprint density at radius 2 is 1.81 bits per heavy atom. The fourth-order valence-corrected chi connectivity index (χ4v) is 3.91. The molecule has 1 N–H and O–H groups in total. The summed E-state index contributed by atoms with van der Waals surface area (Å²) in [5.74, 6) is 0.0598. The van der Waals surface area contributed by atoms with Crippen molar-refractivity contribution in [2.75, 3.05) is 58.7 Å². The number of rotatable bonds is 9. The molecule has 1 rings (SSSR count). The van der Waals surface area contributed by atoms with E-state index in [1.807, 2.05) is 25.7 Å². The quantitative estimate of drug-likeness (QED) is 0.330. The van der Waals surface area contributed by atoms with E-state index in [4.69, 9.17) is 9.47 Å². The van der Waals surface area contributed by atoms with E-state index >= 15 is 0 Å². The average Bonchev–Trinajstić information content (AvgIpc) is 2.63. The second-order valence-electron chi connectivity index (χ2n) is 6.74. The Hall–Kier alpha value is -1.39. The number of methoxy groups -OCH3 is 1. The molecular weight excluding hydrogens is 372 g/mol. The molecule has 1 aliphatic rings. The smallest absolute Gasteiger partial charge is 0.310 e. The molecule has 0 bridgehead atoms. The monoisotopic (exact) mass is 406 g/mol. The number of ether oxygens (including phenoxy) is 2. The molecule has 0 aromatic carbocycles. The first-order valence-electron chi connectivity index (χ1n) is 9.41. The number of guanidine groups is 1. The van der Waals surface area contributed by atoms with Gasteiger partial charge in [0.05, 0.1) is 38.0 Å². The van der Waals surface area contributed by atoms with Gasteiger partial charge in [-0.05, 0) is 20.8 Å². The van der Waals surface area contributed by atoms with Crippen molar-refractivity contribution in [3.8, 4) is 0 Å². The van der Waals surface area contributed by atoms with E-state index < -0.39 is 10.0 Å². The topological polar surface area (TPSA) is 101 Å². The van der Waals surface area contributed by atoms with Gasteiger partial charge in [0, 0.05) is 32.7 Å². The predicted octanol–water partition coefficient (Wildman–Crippen LogP) is 0.133. The second-order valence-corrected chi connectivity index (χ2v) is 8.83. The molecule has 0 aromatic rings. The van der Waals surface area contributed by atoms with E-state index in [-0.39, 0.29) is 30.4 Å². The summed E-state index contributed by atoms with van der Waals surface area (Å²) in [6.45, 7) is 10.6. The van der Waals surface area contributed by atoms with E-state index in [0.29, 0.717) is 45.2 Å². The maximum absolute atomic E-state index is 12.4. The third-order valence-electron chi connectivity index (χ3n) is 4.18. The lowest BCUT2D eigenvalue weighted by molar-refractivity contribution is -0.144. The van der Waals surface area contributed by atoms with Gasteiger partial charge in [0.2, 0.25) is 10.0 Å². The minimum atomic E-state index is -3.32. The molecule has 9 nitrogen and oxygen atoms in total. The lowest BCUT2D eigenvalue weighted by Crippen LogP contribution is -2.54. The Labute approximate surface area is 163 Å². The first-order chi connectivity index (χ1) is 12.7. The van der Waals surface area contributed by atoms with Crippen LogP contribution in [0.1, 0.15) is 27.7 Å². The van der Waals surface area contributed by atoms with Gasteiger partial charge >= 0.3 is 5.97 Å². The lowest BCUT2D eigenvalue weighted by atomic mass is 10.2. The molecular formula is C17H34N4O5S.